The van der Waals surface area contributed by atoms with Crippen molar-refractivity contribution in [1.82, 2.24) is 5.32 Å². The molecule has 4 nitrogen and oxygen atoms in total. The smallest absolute Gasteiger partial charge is 0.253 e. The van der Waals surface area contributed by atoms with Crippen molar-refractivity contribution in [3.8, 4) is 0 Å². The van der Waals surface area contributed by atoms with Gasteiger partial charge < -0.3 is 15.8 Å². The molecule has 1 unspecified atom stereocenters. The Kier molecular flexibility index (Phi) is 4.31. The average Bonchev–Trinajstić information content (AvgIpc) is 2.25. The van der Waals surface area contributed by atoms with Crippen LogP contribution in [0.25, 0.3) is 0 Å². The van der Waals surface area contributed by atoms with Crippen molar-refractivity contribution in [2.75, 3.05) is 19.4 Å². The first-order valence-electron chi connectivity index (χ1n) is 5.22. The SMILES string of the molecule is COC(C)CNC(=O)c1c(C)cccc1N. The number of carbonyl (C=O) groups is 1. The van der Waals surface area contributed by atoms with Gasteiger partial charge >= 0.3 is 0 Å². The van der Waals surface area contributed by atoms with Crippen LogP contribution in [0.5, 0.6) is 0 Å². The maximum atomic E-state index is 11.9. The summed E-state index contributed by atoms with van der Waals surface area (Å²) in [4.78, 5) is 11.9. The van der Waals surface area contributed by atoms with Crippen LogP contribution in [0.4, 0.5) is 5.69 Å². The Labute approximate surface area is 95.8 Å². The fraction of sp³-hybridized carbons (Fsp3) is 0.417. The molecule has 4 heteroatoms. The van der Waals surface area contributed by atoms with Crippen molar-refractivity contribution in [1.29, 1.82) is 0 Å². The van der Waals surface area contributed by atoms with Gasteiger partial charge in [0, 0.05) is 19.3 Å². The topological polar surface area (TPSA) is 64.3 Å². The number of ether oxygens (including phenoxy) is 1. The number of hydrogen-bond acceptors (Lipinski definition) is 3. The fourth-order valence-electron chi connectivity index (χ4n) is 1.41. The molecule has 0 saturated heterocycles. The molecule has 88 valence electrons. The lowest BCUT2D eigenvalue weighted by Crippen LogP contribution is -2.32. The number of nitrogens with one attached hydrogen (secondary N) is 1. The van der Waals surface area contributed by atoms with Gasteiger partial charge in [0.1, 0.15) is 0 Å². The molecule has 0 aliphatic rings. The molecule has 0 saturated carbocycles. The summed E-state index contributed by atoms with van der Waals surface area (Å²) in [5.41, 5.74) is 7.70. The molecule has 0 radical (unpaired) electrons. The van der Waals surface area contributed by atoms with Gasteiger partial charge in [-0.2, -0.15) is 0 Å². The van der Waals surface area contributed by atoms with Gasteiger partial charge in [0.15, 0.2) is 0 Å². The molecule has 1 aromatic carbocycles. The fourth-order valence-corrected chi connectivity index (χ4v) is 1.41. The summed E-state index contributed by atoms with van der Waals surface area (Å²) >= 11 is 0. The van der Waals surface area contributed by atoms with E-state index in [2.05, 4.69) is 5.32 Å². The highest BCUT2D eigenvalue weighted by Crippen LogP contribution is 2.15. The van der Waals surface area contributed by atoms with Crippen molar-refractivity contribution < 1.29 is 9.53 Å². The molecule has 16 heavy (non-hydrogen) atoms. The van der Waals surface area contributed by atoms with Crippen LogP contribution in [0, 0.1) is 6.92 Å². The van der Waals surface area contributed by atoms with Gasteiger partial charge in [-0.25, -0.2) is 0 Å². The van der Waals surface area contributed by atoms with E-state index in [0.717, 1.165) is 5.56 Å². The number of aryl methyl sites for hydroxylation is 1. The number of rotatable bonds is 4. The van der Waals surface area contributed by atoms with E-state index in [9.17, 15) is 4.79 Å². The van der Waals surface area contributed by atoms with Gasteiger partial charge in [-0.15, -0.1) is 0 Å². The van der Waals surface area contributed by atoms with Crippen LogP contribution in [0.15, 0.2) is 18.2 Å². The van der Waals surface area contributed by atoms with Crippen LogP contribution in [0.2, 0.25) is 0 Å². The minimum Gasteiger partial charge on any atom is -0.398 e. The third-order valence-electron chi connectivity index (χ3n) is 2.48. The third kappa shape index (κ3) is 2.97. The van der Waals surface area contributed by atoms with Crippen molar-refractivity contribution in [3.63, 3.8) is 0 Å². The molecule has 0 aliphatic heterocycles. The maximum Gasteiger partial charge on any atom is 0.253 e. The number of benzene rings is 1. The van der Waals surface area contributed by atoms with E-state index in [1.807, 2.05) is 26.0 Å². The van der Waals surface area contributed by atoms with Crippen LogP contribution in [-0.2, 0) is 4.74 Å². The molecule has 1 rings (SSSR count). The molecule has 0 heterocycles. The van der Waals surface area contributed by atoms with Gasteiger partial charge in [-0.05, 0) is 25.5 Å². The summed E-state index contributed by atoms with van der Waals surface area (Å²) in [5, 5.41) is 2.79. The van der Waals surface area contributed by atoms with Gasteiger partial charge in [0.05, 0.1) is 11.7 Å². The number of carbonyl (C=O) groups excluding carboxylic acids is 1. The third-order valence-corrected chi connectivity index (χ3v) is 2.48. The van der Waals surface area contributed by atoms with E-state index in [1.165, 1.54) is 0 Å². The molecular weight excluding hydrogens is 204 g/mol. The number of hydrogen-bond donors (Lipinski definition) is 2. The second kappa shape index (κ2) is 5.51. The van der Waals surface area contributed by atoms with E-state index in [1.54, 1.807) is 13.2 Å². The lowest BCUT2D eigenvalue weighted by atomic mass is 10.1. The van der Waals surface area contributed by atoms with Crippen LogP contribution in [0.3, 0.4) is 0 Å². The first-order valence-corrected chi connectivity index (χ1v) is 5.22. The van der Waals surface area contributed by atoms with Crippen LogP contribution < -0.4 is 11.1 Å². The predicted octanol–water partition coefficient (Wildman–Crippen LogP) is 1.34. The average molecular weight is 222 g/mol. The van der Waals surface area contributed by atoms with Gasteiger partial charge in [0.25, 0.3) is 5.91 Å². The predicted molar refractivity (Wildman–Crippen MR) is 64.4 cm³/mol. The summed E-state index contributed by atoms with van der Waals surface area (Å²) in [7, 11) is 1.61. The first kappa shape index (κ1) is 12.5. The van der Waals surface area contributed by atoms with E-state index in [4.69, 9.17) is 10.5 Å². The Morgan fingerprint density at radius 3 is 2.81 bits per heavy atom. The molecule has 3 N–H and O–H groups in total. The molecular formula is C12H18N2O2. The van der Waals surface area contributed by atoms with E-state index in [-0.39, 0.29) is 12.0 Å². The molecule has 0 aromatic heterocycles. The second-order valence-electron chi connectivity index (χ2n) is 3.80. The quantitative estimate of drug-likeness (QED) is 0.756. The molecule has 0 spiro atoms. The van der Waals surface area contributed by atoms with Gasteiger partial charge in [0.2, 0.25) is 0 Å². The summed E-state index contributed by atoms with van der Waals surface area (Å²) in [6.45, 7) is 4.23. The van der Waals surface area contributed by atoms with E-state index < -0.39 is 0 Å². The lowest BCUT2D eigenvalue weighted by Gasteiger charge is -2.13. The van der Waals surface area contributed by atoms with Crippen LogP contribution in [-0.4, -0.2) is 25.7 Å². The number of nitrogens with two attached hydrogens (primary N) is 1. The van der Waals surface area contributed by atoms with Crippen LogP contribution in [0.1, 0.15) is 22.8 Å². The van der Waals surface area contributed by atoms with Crippen molar-refractivity contribution in [3.05, 3.63) is 29.3 Å². The molecule has 0 aliphatic carbocycles. The van der Waals surface area contributed by atoms with Crippen molar-refractivity contribution >= 4 is 11.6 Å². The minimum absolute atomic E-state index is 0.00538. The Balaban J connectivity index is 2.73. The molecule has 1 atom stereocenters. The second-order valence-corrected chi connectivity index (χ2v) is 3.80. The number of anilines is 1. The standard InChI is InChI=1S/C12H18N2O2/c1-8-5-4-6-10(13)11(8)12(15)14-7-9(2)16-3/h4-6,9H,7,13H2,1-3H3,(H,14,15). The Morgan fingerprint density at radius 2 is 2.25 bits per heavy atom. The summed E-state index contributed by atoms with van der Waals surface area (Å²) in [6, 6.07) is 5.42. The summed E-state index contributed by atoms with van der Waals surface area (Å²) in [6.07, 6.45) is -0.00538. The molecule has 0 bridgehead atoms. The first-order chi connectivity index (χ1) is 7.56. The van der Waals surface area contributed by atoms with E-state index >= 15 is 0 Å². The van der Waals surface area contributed by atoms with Gasteiger partial charge in [-0.3, -0.25) is 4.79 Å². The van der Waals surface area contributed by atoms with Gasteiger partial charge in [-0.1, -0.05) is 12.1 Å². The number of amides is 1. The maximum absolute atomic E-state index is 11.9. The zero-order valence-electron chi connectivity index (χ0n) is 9.91. The van der Waals surface area contributed by atoms with Crippen molar-refractivity contribution in [2.24, 2.45) is 0 Å². The molecule has 1 aromatic rings. The monoisotopic (exact) mass is 222 g/mol. The number of nitrogen functional groups attached to an aromatic ring is 1. The van der Waals surface area contributed by atoms with Crippen molar-refractivity contribution in [2.45, 2.75) is 20.0 Å². The highest BCUT2D eigenvalue weighted by molar-refractivity contribution is 6.00. The van der Waals surface area contributed by atoms with Crippen LogP contribution >= 0.6 is 0 Å². The Hall–Kier alpha value is -1.55. The van der Waals surface area contributed by atoms with E-state index in [0.29, 0.717) is 17.8 Å². The minimum atomic E-state index is -0.153. The summed E-state index contributed by atoms with van der Waals surface area (Å²) < 4.78 is 5.05. The Morgan fingerprint density at radius 1 is 1.56 bits per heavy atom. The zero-order valence-corrected chi connectivity index (χ0v) is 9.91. The summed E-state index contributed by atoms with van der Waals surface area (Å²) in [5.74, 6) is -0.153. The lowest BCUT2D eigenvalue weighted by molar-refractivity contribution is 0.0870. The largest absolute Gasteiger partial charge is 0.398 e. The molecule has 0 fully saturated rings. The normalized spacial score (nSPS) is 12.2. The highest BCUT2D eigenvalue weighted by atomic mass is 16.5. The molecule has 1 amide bonds. The highest BCUT2D eigenvalue weighted by Gasteiger charge is 2.12. The number of methoxy groups -OCH3 is 1. The Bertz CT molecular complexity index is 357. The zero-order chi connectivity index (χ0) is 12.1.